The first-order chi connectivity index (χ1) is 9.54. The summed E-state index contributed by atoms with van der Waals surface area (Å²) in [6, 6.07) is 2.45. The molecule has 2 aliphatic rings. The van der Waals surface area contributed by atoms with Crippen molar-refractivity contribution < 1.29 is 8.42 Å². The Morgan fingerprint density at radius 1 is 1.30 bits per heavy atom. The number of nitrogens with one attached hydrogen (secondary N) is 2. The highest BCUT2D eigenvalue weighted by atomic mass is 32.2. The molecule has 112 valence electrons. The van der Waals surface area contributed by atoms with Gasteiger partial charge in [-0.05, 0) is 43.7 Å². The van der Waals surface area contributed by atoms with E-state index in [9.17, 15) is 8.42 Å². The minimum atomic E-state index is -3.31. The van der Waals surface area contributed by atoms with E-state index in [4.69, 9.17) is 0 Å². The Morgan fingerprint density at radius 2 is 2.05 bits per heavy atom. The molecular formula is C14H22N2O2S2. The van der Waals surface area contributed by atoms with Gasteiger partial charge in [-0.25, -0.2) is 13.1 Å². The lowest BCUT2D eigenvalue weighted by atomic mass is 10.3. The highest BCUT2D eigenvalue weighted by Gasteiger charge is 2.24. The summed E-state index contributed by atoms with van der Waals surface area (Å²) >= 11 is 1.40. The van der Waals surface area contributed by atoms with Crippen LogP contribution in [0, 0.1) is 12.8 Å². The number of aryl methyl sites for hydroxylation is 1. The molecule has 0 saturated heterocycles. The number of hydrogen-bond donors (Lipinski definition) is 2. The summed E-state index contributed by atoms with van der Waals surface area (Å²) in [7, 11) is -3.31. The monoisotopic (exact) mass is 314 g/mol. The summed E-state index contributed by atoms with van der Waals surface area (Å²) in [6.45, 7) is 3.35. The second-order valence-corrected chi connectivity index (χ2v) is 9.09. The predicted molar refractivity (Wildman–Crippen MR) is 81.4 cm³/mol. The summed E-state index contributed by atoms with van der Waals surface area (Å²) in [6.07, 6.45) is 5.99. The van der Waals surface area contributed by atoms with Crippen LogP contribution in [0.1, 0.15) is 42.5 Å². The maximum atomic E-state index is 12.2. The molecule has 0 bridgehead atoms. The standard InChI is InChI=1S/C14H22N2O2S2/c1-10-8-14(19-13(10)9-15-12-4-5-12)20(17,18)16-7-6-11-2-3-11/h8,11-12,15-16H,2-7,9H2,1H3. The predicted octanol–water partition coefficient (Wildman–Crippen LogP) is 2.39. The molecule has 1 heterocycles. The van der Waals surface area contributed by atoms with Gasteiger partial charge in [-0.1, -0.05) is 12.8 Å². The van der Waals surface area contributed by atoms with E-state index in [0.717, 1.165) is 29.3 Å². The molecule has 0 unspecified atom stereocenters. The largest absolute Gasteiger partial charge is 0.309 e. The minimum Gasteiger partial charge on any atom is -0.309 e. The normalized spacial score (nSPS) is 19.4. The number of rotatable bonds is 8. The van der Waals surface area contributed by atoms with Crippen LogP contribution < -0.4 is 10.0 Å². The molecule has 20 heavy (non-hydrogen) atoms. The summed E-state index contributed by atoms with van der Waals surface area (Å²) in [5, 5.41) is 3.44. The Labute approximate surface area is 125 Å². The van der Waals surface area contributed by atoms with Crippen molar-refractivity contribution in [2.24, 2.45) is 5.92 Å². The van der Waals surface area contributed by atoms with E-state index in [-0.39, 0.29) is 0 Å². The van der Waals surface area contributed by atoms with E-state index in [0.29, 0.717) is 16.8 Å². The summed E-state index contributed by atoms with van der Waals surface area (Å²) in [5.41, 5.74) is 1.07. The highest BCUT2D eigenvalue weighted by molar-refractivity contribution is 7.91. The van der Waals surface area contributed by atoms with Gasteiger partial charge in [0, 0.05) is 24.0 Å². The van der Waals surface area contributed by atoms with Crippen LogP contribution in [0.25, 0.3) is 0 Å². The van der Waals surface area contributed by atoms with Gasteiger partial charge in [0.05, 0.1) is 0 Å². The lowest BCUT2D eigenvalue weighted by Crippen LogP contribution is -2.24. The SMILES string of the molecule is Cc1cc(S(=O)(=O)NCCC2CC2)sc1CNC1CC1. The molecule has 0 atom stereocenters. The summed E-state index contributed by atoms with van der Waals surface area (Å²) in [5.74, 6) is 0.751. The van der Waals surface area contributed by atoms with Crippen LogP contribution in [0.2, 0.25) is 0 Å². The van der Waals surface area contributed by atoms with Crippen molar-refractivity contribution in [1.29, 1.82) is 0 Å². The van der Waals surface area contributed by atoms with Crippen molar-refractivity contribution in [3.05, 3.63) is 16.5 Å². The van der Waals surface area contributed by atoms with Gasteiger partial charge in [-0.2, -0.15) is 0 Å². The number of thiophene rings is 1. The average molecular weight is 314 g/mol. The molecule has 2 N–H and O–H groups in total. The van der Waals surface area contributed by atoms with Crippen LogP contribution in [-0.2, 0) is 16.6 Å². The fourth-order valence-corrected chi connectivity index (χ4v) is 4.83. The van der Waals surface area contributed by atoms with Crippen LogP contribution in [0.4, 0.5) is 0 Å². The fourth-order valence-electron chi connectivity index (χ4n) is 2.20. The first kappa shape index (κ1) is 14.5. The molecule has 0 spiro atoms. The third kappa shape index (κ3) is 3.81. The van der Waals surface area contributed by atoms with E-state index < -0.39 is 10.0 Å². The first-order valence-electron chi connectivity index (χ1n) is 7.37. The zero-order chi connectivity index (χ0) is 14.2. The molecule has 0 amide bonds. The average Bonchev–Trinajstić information content (AvgIpc) is 3.28. The second-order valence-electron chi connectivity index (χ2n) is 5.96. The minimum absolute atomic E-state index is 0.457. The quantitative estimate of drug-likeness (QED) is 0.774. The number of sulfonamides is 1. The molecule has 1 aromatic heterocycles. The Balaban J connectivity index is 1.59. The molecular weight excluding hydrogens is 292 g/mol. The third-order valence-electron chi connectivity index (χ3n) is 3.93. The van der Waals surface area contributed by atoms with Gasteiger partial charge >= 0.3 is 0 Å². The third-order valence-corrected chi connectivity index (χ3v) is 7.10. The maximum Gasteiger partial charge on any atom is 0.250 e. The Bertz CT molecular complexity index is 572. The number of hydrogen-bond acceptors (Lipinski definition) is 4. The first-order valence-corrected chi connectivity index (χ1v) is 9.67. The van der Waals surface area contributed by atoms with Crippen LogP contribution in [0.3, 0.4) is 0 Å². The van der Waals surface area contributed by atoms with Crippen molar-refractivity contribution in [2.45, 2.75) is 55.8 Å². The highest BCUT2D eigenvalue weighted by Crippen LogP contribution is 2.32. The summed E-state index contributed by atoms with van der Waals surface area (Å²) < 4.78 is 27.6. The molecule has 0 radical (unpaired) electrons. The molecule has 0 aliphatic heterocycles. The van der Waals surface area contributed by atoms with Gasteiger partial charge in [-0.3, -0.25) is 0 Å². The zero-order valence-corrected chi connectivity index (χ0v) is 13.4. The lowest BCUT2D eigenvalue weighted by Gasteiger charge is -2.03. The molecule has 2 fully saturated rings. The Kier molecular flexibility index (Phi) is 4.17. The molecule has 4 nitrogen and oxygen atoms in total. The Morgan fingerprint density at radius 3 is 2.70 bits per heavy atom. The van der Waals surface area contributed by atoms with Crippen molar-refractivity contribution in [1.82, 2.24) is 10.0 Å². The molecule has 1 aromatic rings. The van der Waals surface area contributed by atoms with Gasteiger partial charge < -0.3 is 5.32 Å². The van der Waals surface area contributed by atoms with E-state index in [2.05, 4.69) is 10.0 Å². The van der Waals surface area contributed by atoms with Crippen LogP contribution in [0.15, 0.2) is 10.3 Å². The van der Waals surface area contributed by atoms with E-state index in [1.165, 1.54) is 37.0 Å². The molecule has 2 aliphatic carbocycles. The van der Waals surface area contributed by atoms with E-state index >= 15 is 0 Å². The van der Waals surface area contributed by atoms with Crippen molar-refractivity contribution in [3.8, 4) is 0 Å². The van der Waals surface area contributed by atoms with Crippen LogP contribution >= 0.6 is 11.3 Å². The van der Waals surface area contributed by atoms with E-state index in [1.807, 2.05) is 6.92 Å². The second kappa shape index (κ2) is 5.75. The molecule has 0 aromatic carbocycles. The maximum absolute atomic E-state index is 12.2. The summed E-state index contributed by atoms with van der Waals surface area (Å²) in [4.78, 5) is 1.14. The van der Waals surface area contributed by atoms with Crippen LogP contribution in [0.5, 0.6) is 0 Å². The smallest absolute Gasteiger partial charge is 0.250 e. The van der Waals surface area contributed by atoms with E-state index in [1.54, 1.807) is 6.07 Å². The van der Waals surface area contributed by atoms with Crippen molar-refractivity contribution in [3.63, 3.8) is 0 Å². The zero-order valence-electron chi connectivity index (χ0n) is 11.8. The molecule has 3 rings (SSSR count). The lowest BCUT2D eigenvalue weighted by molar-refractivity contribution is 0.577. The topological polar surface area (TPSA) is 58.2 Å². The van der Waals surface area contributed by atoms with Gasteiger partial charge in [0.1, 0.15) is 4.21 Å². The van der Waals surface area contributed by atoms with Crippen molar-refractivity contribution >= 4 is 21.4 Å². The van der Waals surface area contributed by atoms with Gasteiger partial charge in [0.15, 0.2) is 0 Å². The van der Waals surface area contributed by atoms with Gasteiger partial charge in [-0.15, -0.1) is 11.3 Å². The fraction of sp³-hybridized carbons (Fsp3) is 0.714. The molecule has 2 saturated carbocycles. The van der Waals surface area contributed by atoms with Gasteiger partial charge in [0.2, 0.25) is 10.0 Å². The van der Waals surface area contributed by atoms with Crippen LogP contribution in [-0.4, -0.2) is 21.0 Å². The van der Waals surface area contributed by atoms with Crippen molar-refractivity contribution in [2.75, 3.05) is 6.54 Å². The Hall–Kier alpha value is -0.430. The van der Waals surface area contributed by atoms with Gasteiger partial charge in [0.25, 0.3) is 0 Å². The molecule has 6 heteroatoms.